The molecule has 0 radical (unpaired) electrons. The Morgan fingerprint density at radius 1 is 1.12 bits per heavy atom. The maximum atomic E-state index is 13.2. The number of nitrogens with zero attached hydrogens (tertiary/aromatic N) is 2. The lowest BCUT2D eigenvalue weighted by atomic mass is 10.1. The minimum Gasteiger partial charge on any atom is -0.352 e. The second-order valence-electron chi connectivity index (χ2n) is 7.95. The number of hydrogen-bond acceptors (Lipinski definition) is 5. The number of nitrogens with one attached hydrogen (secondary N) is 1. The quantitative estimate of drug-likeness (QED) is 0.397. The van der Waals surface area contributed by atoms with Crippen LogP contribution in [0.1, 0.15) is 43.9 Å². The van der Waals surface area contributed by atoms with Crippen LogP contribution >= 0.6 is 11.8 Å². The zero-order valence-electron chi connectivity index (χ0n) is 19.0. The minimum absolute atomic E-state index is 0.0107. The van der Waals surface area contributed by atoms with Crippen molar-refractivity contribution in [2.75, 3.05) is 5.75 Å². The average Bonchev–Trinajstić information content (AvgIpc) is 2.74. The average molecular weight is 458 g/mol. The summed E-state index contributed by atoms with van der Waals surface area (Å²) in [6.45, 7) is 8.08. The van der Waals surface area contributed by atoms with E-state index in [1.165, 1.54) is 23.9 Å². The van der Waals surface area contributed by atoms with Gasteiger partial charge in [0.05, 0.1) is 10.7 Å². The number of hydrogen-bond donors (Lipinski definition) is 1. The number of thioether (sulfide) groups is 1. The van der Waals surface area contributed by atoms with Crippen molar-refractivity contribution in [1.29, 1.82) is 0 Å². The van der Waals surface area contributed by atoms with Gasteiger partial charge in [-0.3, -0.25) is 19.7 Å². The van der Waals surface area contributed by atoms with Gasteiger partial charge in [0.15, 0.2) is 0 Å². The van der Waals surface area contributed by atoms with Gasteiger partial charge in [0, 0.05) is 30.5 Å². The van der Waals surface area contributed by atoms with E-state index in [9.17, 15) is 19.7 Å². The van der Waals surface area contributed by atoms with Crippen LogP contribution in [-0.4, -0.2) is 39.5 Å². The number of carbonyl (C=O) groups is 2. The number of aryl methyl sites for hydroxylation is 1. The molecule has 0 aliphatic heterocycles. The first-order chi connectivity index (χ1) is 15.2. The number of nitro groups is 1. The maximum absolute atomic E-state index is 13.2. The van der Waals surface area contributed by atoms with Gasteiger partial charge in [0.1, 0.15) is 6.04 Å². The third-order valence-electron chi connectivity index (χ3n) is 5.06. The maximum Gasteiger partial charge on any atom is 0.269 e. The molecule has 0 unspecified atom stereocenters. The zero-order chi connectivity index (χ0) is 23.7. The Morgan fingerprint density at radius 3 is 2.34 bits per heavy atom. The molecule has 7 nitrogen and oxygen atoms in total. The molecule has 2 aromatic rings. The molecule has 2 aromatic carbocycles. The fourth-order valence-electron chi connectivity index (χ4n) is 3.32. The van der Waals surface area contributed by atoms with Crippen LogP contribution in [0, 0.1) is 17.0 Å². The highest BCUT2D eigenvalue weighted by atomic mass is 32.2. The van der Waals surface area contributed by atoms with E-state index in [0.29, 0.717) is 18.7 Å². The Bertz CT molecular complexity index is 931. The Kier molecular flexibility index (Phi) is 9.71. The number of carbonyl (C=O) groups excluding carboxylic acids is 2. The van der Waals surface area contributed by atoms with E-state index >= 15 is 0 Å². The van der Waals surface area contributed by atoms with Crippen LogP contribution in [0.15, 0.2) is 48.5 Å². The van der Waals surface area contributed by atoms with Crippen LogP contribution in [0.25, 0.3) is 0 Å². The lowest BCUT2D eigenvalue weighted by Crippen LogP contribution is -2.51. The summed E-state index contributed by atoms with van der Waals surface area (Å²) in [5.74, 6) is 0.515. The van der Waals surface area contributed by atoms with Crippen molar-refractivity contribution in [2.45, 2.75) is 58.5 Å². The summed E-state index contributed by atoms with van der Waals surface area (Å²) in [5.41, 5.74) is 3.03. The summed E-state index contributed by atoms with van der Waals surface area (Å²) in [7, 11) is 0. The monoisotopic (exact) mass is 457 g/mol. The molecule has 2 rings (SSSR count). The molecule has 32 heavy (non-hydrogen) atoms. The lowest BCUT2D eigenvalue weighted by molar-refractivity contribution is -0.384. The number of non-ortho nitro benzene ring substituents is 1. The third-order valence-corrected chi connectivity index (χ3v) is 6.05. The van der Waals surface area contributed by atoms with Crippen molar-refractivity contribution in [1.82, 2.24) is 10.2 Å². The largest absolute Gasteiger partial charge is 0.352 e. The first kappa shape index (κ1) is 25.4. The van der Waals surface area contributed by atoms with Crippen molar-refractivity contribution >= 4 is 29.3 Å². The molecule has 1 atom stereocenters. The van der Waals surface area contributed by atoms with E-state index in [2.05, 4.69) is 5.32 Å². The van der Waals surface area contributed by atoms with Crippen molar-refractivity contribution in [2.24, 2.45) is 0 Å². The number of rotatable bonds is 11. The predicted molar refractivity (Wildman–Crippen MR) is 128 cm³/mol. The number of benzene rings is 2. The van der Waals surface area contributed by atoms with Gasteiger partial charge >= 0.3 is 0 Å². The second kappa shape index (κ2) is 12.2. The molecule has 0 aliphatic carbocycles. The first-order valence-electron chi connectivity index (χ1n) is 10.7. The molecule has 0 saturated heterocycles. The molecule has 1 N–H and O–H groups in total. The molecule has 0 aromatic heterocycles. The van der Waals surface area contributed by atoms with Gasteiger partial charge in [-0.25, -0.2) is 0 Å². The normalized spacial score (nSPS) is 11.8. The lowest BCUT2D eigenvalue weighted by Gasteiger charge is -2.31. The smallest absolute Gasteiger partial charge is 0.269 e. The molecule has 8 heteroatoms. The van der Waals surface area contributed by atoms with Gasteiger partial charge < -0.3 is 10.2 Å². The molecule has 0 aliphatic rings. The molecular formula is C24H31N3O4S. The van der Waals surface area contributed by atoms with E-state index in [1.807, 2.05) is 52.0 Å². The predicted octanol–water partition coefficient (Wildman–Crippen LogP) is 4.47. The molecule has 0 heterocycles. The van der Waals surface area contributed by atoms with E-state index in [4.69, 9.17) is 0 Å². The Balaban J connectivity index is 2.12. The standard InChI is InChI=1S/C24H31N3O4S/c1-5-22(24(29)25-17(2)3)26(14-20-9-7-6-8-18(20)4)23(28)16-32-15-19-10-12-21(13-11-19)27(30)31/h6-13,17,22H,5,14-16H2,1-4H3,(H,25,29)/t22-/m1/s1. The van der Waals surface area contributed by atoms with Crippen LogP contribution in [-0.2, 0) is 21.9 Å². The van der Waals surface area contributed by atoms with Crippen molar-refractivity contribution in [3.05, 3.63) is 75.3 Å². The van der Waals surface area contributed by atoms with Crippen LogP contribution in [0.4, 0.5) is 5.69 Å². The highest BCUT2D eigenvalue weighted by molar-refractivity contribution is 7.99. The van der Waals surface area contributed by atoms with Crippen molar-refractivity contribution in [3.8, 4) is 0 Å². The van der Waals surface area contributed by atoms with E-state index in [0.717, 1.165) is 16.7 Å². The SMILES string of the molecule is CC[C@H](C(=O)NC(C)C)N(Cc1ccccc1C)C(=O)CSCc1ccc([N+](=O)[O-])cc1. The van der Waals surface area contributed by atoms with Crippen LogP contribution in [0.2, 0.25) is 0 Å². The summed E-state index contributed by atoms with van der Waals surface area (Å²) >= 11 is 1.43. The Hall–Kier alpha value is -2.87. The molecule has 0 fully saturated rings. The molecular weight excluding hydrogens is 426 g/mol. The van der Waals surface area contributed by atoms with Crippen LogP contribution in [0.5, 0.6) is 0 Å². The molecule has 0 bridgehead atoms. The highest BCUT2D eigenvalue weighted by Crippen LogP contribution is 2.20. The van der Waals surface area contributed by atoms with Gasteiger partial charge in [-0.1, -0.05) is 43.3 Å². The fraction of sp³-hybridized carbons (Fsp3) is 0.417. The van der Waals surface area contributed by atoms with E-state index < -0.39 is 11.0 Å². The summed E-state index contributed by atoms with van der Waals surface area (Å²) in [4.78, 5) is 38.1. The molecule has 0 spiro atoms. The van der Waals surface area contributed by atoms with Gasteiger partial charge in [-0.2, -0.15) is 0 Å². The number of amides is 2. The summed E-state index contributed by atoms with van der Waals surface area (Å²) in [6, 6.07) is 13.6. The second-order valence-corrected chi connectivity index (χ2v) is 8.94. The van der Waals surface area contributed by atoms with E-state index in [-0.39, 0.29) is 29.3 Å². The van der Waals surface area contributed by atoms with Gasteiger partial charge in [0.25, 0.3) is 5.69 Å². The van der Waals surface area contributed by atoms with Gasteiger partial charge in [0.2, 0.25) is 11.8 Å². The number of nitro benzene ring substituents is 1. The summed E-state index contributed by atoms with van der Waals surface area (Å²) in [5, 5.41) is 13.7. The van der Waals surface area contributed by atoms with Crippen LogP contribution < -0.4 is 5.32 Å². The van der Waals surface area contributed by atoms with Crippen molar-refractivity contribution in [3.63, 3.8) is 0 Å². The van der Waals surface area contributed by atoms with Gasteiger partial charge in [-0.15, -0.1) is 11.8 Å². The third kappa shape index (κ3) is 7.37. The summed E-state index contributed by atoms with van der Waals surface area (Å²) in [6.07, 6.45) is 0.517. The van der Waals surface area contributed by atoms with Crippen LogP contribution in [0.3, 0.4) is 0 Å². The Morgan fingerprint density at radius 2 is 1.78 bits per heavy atom. The Labute approximate surface area is 193 Å². The topological polar surface area (TPSA) is 92.6 Å². The summed E-state index contributed by atoms with van der Waals surface area (Å²) < 4.78 is 0. The molecule has 0 saturated carbocycles. The molecule has 172 valence electrons. The first-order valence-corrected chi connectivity index (χ1v) is 11.8. The highest BCUT2D eigenvalue weighted by Gasteiger charge is 2.29. The molecule has 2 amide bonds. The zero-order valence-corrected chi connectivity index (χ0v) is 19.9. The van der Waals surface area contributed by atoms with Gasteiger partial charge in [-0.05, 0) is 43.9 Å². The van der Waals surface area contributed by atoms with E-state index in [1.54, 1.807) is 17.0 Å². The van der Waals surface area contributed by atoms with Crippen molar-refractivity contribution < 1.29 is 14.5 Å². The fourth-order valence-corrected chi connectivity index (χ4v) is 4.19. The minimum atomic E-state index is -0.551.